The summed E-state index contributed by atoms with van der Waals surface area (Å²) in [5.74, 6) is 0.855. The molecule has 0 bridgehead atoms. The second kappa shape index (κ2) is 5.90. The maximum absolute atomic E-state index is 13.4. The number of hydrogen-bond donors (Lipinski definition) is 2. The van der Waals surface area contributed by atoms with E-state index >= 15 is 0 Å². The molecule has 2 N–H and O–H groups in total. The molecule has 0 fully saturated rings. The number of amides is 2. The van der Waals surface area contributed by atoms with E-state index in [2.05, 4.69) is 25.2 Å². The molecule has 7 heteroatoms. The van der Waals surface area contributed by atoms with Crippen molar-refractivity contribution in [2.75, 3.05) is 11.9 Å². The maximum Gasteiger partial charge on any atom is 0.319 e. The monoisotopic (exact) mass is 289 g/mol. The normalized spacial score (nSPS) is 17.1. The summed E-state index contributed by atoms with van der Waals surface area (Å²) in [5.41, 5.74) is 0.127. The van der Waals surface area contributed by atoms with E-state index in [0.29, 0.717) is 12.5 Å². The topological polar surface area (TPSA) is 71.8 Å². The molecule has 0 unspecified atom stereocenters. The van der Waals surface area contributed by atoms with Gasteiger partial charge in [0.15, 0.2) is 5.82 Å². The van der Waals surface area contributed by atoms with Crippen LogP contribution in [0.3, 0.4) is 0 Å². The number of fused-ring (bicyclic) bond motifs is 1. The Balaban J connectivity index is 1.50. The fourth-order valence-electron chi connectivity index (χ4n) is 2.47. The van der Waals surface area contributed by atoms with E-state index in [0.717, 1.165) is 31.4 Å². The van der Waals surface area contributed by atoms with Crippen LogP contribution in [-0.4, -0.2) is 27.1 Å². The number of halogens is 1. The summed E-state index contributed by atoms with van der Waals surface area (Å²) >= 11 is 0. The lowest BCUT2D eigenvalue weighted by Gasteiger charge is -2.23. The third-order valence-corrected chi connectivity index (χ3v) is 3.62. The van der Waals surface area contributed by atoms with Crippen LogP contribution in [0, 0.1) is 11.7 Å². The first kappa shape index (κ1) is 13.5. The molecule has 0 saturated carbocycles. The Morgan fingerprint density at radius 3 is 3.24 bits per heavy atom. The number of nitrogens with one attached hydrogen (secondary N) is 2. The zero-order valence-electron chi connectivity index (χ0n) is 11.4. The molecule has 3 heterocycles. The maximum atomic E-state index is 13.4. The Morgan fingerprint density at radius 2 is 2.38 bits per heavy atom. The van der Waals surface area contributed by atoms with E-state index in [4.69, 9.17) is 0 Å². The molecule has 21 heavy (non-hydrogen) atoms. The van der Waals surface area contributed by atoms with Crippen LogP contribution in [0.2, 0.25) is 0 Å². The van der Waals surface area contributed by atoms with Crippen molar-refractivity contribution in [2.24, 2.45) is 5.92 Å². The predicted molar refractivity (Wildman–Crippen MR) is 75.3 cm³/mol. The van der Waals surface area contributed by atoms with E-state index in [1.807, 2.05) is 6.20 Å². The van der Waals surface area contributed by atoms with Crippen LogP contribution < -0.4 is 10.6 Å². The number of aryl methyl sites for hydroxylation is 1. The van der Waals surface area contributed by atoms with Gasteiger partial charge in [-0.1, -0.05) is 0 Å². The molecule has 2 amide bonds. The van der Waals surface area contributed by atoms with Crippen LogP contribution in [0.25, 0.3) is 0 Å². The molecular weight excluding hydrogens is 273 g/mol. The van der Waals surface area contributed by atoms with Crippen molar-refractivity contribution in [3.63, 3.8) is 0 Å². The van der Waals surface area contributed by atoms with Gasteiger partial charge in [0.05, 0.1) is 11.9 Å². The largest absolute Gasteiger partial charge is 0.338 e. The average molecular weight is 289 g/mol. The first-order valence-electron chi connectivity index (χ1n) is 6.87. The van der Waals surface area contributed by atoms with E-state index in [9.17, 15) is 9.18 Å². The smallest absolute Gasteiger partial charge is 0.319 e. The number of rotatable bonds is 3. The number of hydrogen-bond acceptors (Lipinski definition) is 3. The quantitative estimate of drug-likeness (QED) is 0.905. The van der Waals surface area contributed by atoms with E-state index in [1.54, 1.807) is 6.20 Å². The lowest BCUT2D eigenvalue weighted by molar-refractivity contribution is 0.248. The molecule has 1 aliphatic heterocycles. The Bertz CT molecular complexity index is 642. The van der Waals surface area contributed by atoms with Crippen molar-refractivity contribution in [1.29, 1.82) is 0 Å². The zero-order valence-corrected chi connectivity index (χ0v) is 11.4. The van der Waals surface area contributed by atoms with E-state index in [-0.39, 0.29) is 5.69 Å². The van der Waals surface area contributed by atoms with Gasteiger partial charge >= 0.3 is 6.03 Å². The summed E-state index contributed by atoms with van der Waals surface area (Å²) in [6.45, 7) is 1.47. The number of anilines is 1. The minimum atomic E-state index is -0.549. The fraction of sp³-hybridized carbons (Fsp3) is 0.357. The number of nitrogens with zero attached hydrogens (tertiary/aromatic N) is 3. The Hall–Kier alpha value is -2.44. The summed E-state index contributed by atoms with van der Waals surface area (Å²) in [4.78, 5) is 19.7. The summed E-state index contributed by atoms with van der Waals surface area (Å²) < 4.78 is 15.5. The molecule has 0 saturated heterocycles. The van der Waals surface area contributed by atoms with Gasteiger partial charge in [0.2, 0.25) is 0 Å². The molecule has 0 aromatic carbocycles. The van der Waals surface area contributed by atoms with Gasteiger partial charge in [-0.2, -0.15) is 0 Å². The van der Waals surface area contributed by atoms with Crippen molar-refractivity contribution in [1.82, 2.24) is 19.9 Å². The number of aromatic nitrogens is 3. The summed E-state index contributed by atoms with van der Waals surface area (Å²) in [6.07, 6.45) is 8.10. The molecule has 0 spiro atoms. The standard InChI is InChI=1S/C14H16FN5O/c15-11-9-16-3-1-12(11)19-14(21)18-8-10-2-5-20-6-4-17-13(20)7-10/h1,3-4,6,9-10H,2,5,7-8H2,(H2,16,18,19,21)/t10-/m1/s1. The van der Waals surface area contributed by atoms with Crippen LogP contribution in [-0.2, 0) is 13.0 Å². The molecule has 0 radical (unpaired) electrons. The van der Waals surface area contributed by atoms with Gasteiger partial charge < -0.3 is 15.2 Å². The lowest BCUT2D eigenvalue weighted by Crippen LogP contribution is -2.35. The van der Waals surface area contributed by atoms with Crippen LogP contribution >= 0.6 is 0 Å². The highest BCUT2D eigenvalue weighted by Crippen LogP contribution is 2.18. The van der Waals surface area contributed by atoms with Crippen LogP contribution in [0.5, 0.6) is 0 Å². The molecule has 1 atom stereocenters. The van der Waals surface area contributed by atoms with Gasteiger partial charge in [-0.25, -0.2) is 14.2 Å². The number of pyridine rings is 1. The molecule has 3 rings (SSSR count). The van der Waals surface area contributed by atoms with Crippen molar-refractivity contribution in [3.05, 3.63) is 42.5 Å². The average Bonchev–Trinajstić information content (AvgIpc) is 2.95. The lowest BCUT2D eigenvalue weighted by atomic mass is 9.98. The van der Waals surface area contributed by atoms with Gasteiger partial charge in [0.1, 0.15) is 5.82 Å². The molecular formula is C14H16FN5O. The second-order valence-electron chi connectivity index (χ2n) is 5.09. The number of imidazole rings is 1. The van der Waals surface area contributed by atoms with Gasteiger partial charge in [-0.3, -0.25) is 4.98 Å². The van der Waals surface area contributed by atoms with E-state index in [1.165, 1.54) is 12.3 Å². The minimum absolute atomic E-state index is 0.127. The molecule has 1 aliphatic rings. The molecule has 110 valence electrons. The third-order valence-electron chi connectivity index (χ3n) is 3.62. The number of carbonyl (C=O) groups is 1. The van der Waals surface area contributed by atoms with Crippen LogP contribution in [0.15, 0.2) is 30.9 Å². The van der Waals surface area contributed by atoms with Crippen LogP contribution in [0.4, 0.5) is 14.9 Å². The summed E-state index contributed by atoms with van der Waals surface area (Å²) in [5, 5.41) is 5.25. The Morgan fingerprint density at radius 1 is 1.48 bits per heavy atom. The highest BCUT2D eigenvalue weighted by Gasteiger charge is 2.19. The third kappa shape index (κ3) is 3.18. The second-order valence-corrected chi connectivity index (χ2v) is 5.09. The van der Waals surface area contributed by atoms with E-state index < -0.39 is 11.8 Å². The SMILES string of the molecule is O=C(NC[C@@H]1CCn2ccnc2C1)Nc1ccncc1F. The molecule has 6 nitrogen and oxygen atoms in total. The Labute approximate surface area is 121 Å². The van der Waals surface area contributed by atoms with Crippen LogP contribution in [0.1, 0.15) is 12.2 Å². The summed E-state index contributed by atoms with van der Waals surface area (Å²) in [6, 6.07) is 1.01. The predicted octanol–water partition coefficient (Wildman–Crippen LogP) is 1.80. The van der Waals surface area contributed by atoms with Crippen molar-refractivity contribution < 1.29 is 9.18 Å². The highest BCUT2D eigenvalue weighted by atomic mass is 19.1. The van der Waals surface area contributed by atoms with Crippen molar-refractivity contribution in [3.8, 4) is 0 Å². The van der Waals surface area contributed by atoms with Gasteiger partial charge in [0, 0.05) is 38.1 Å². The minimum Gasteiger partial charge on any atom is -0.338 e. The van der Waals surface area contributed by atoms with Crippen molar-refractivity contribution >= 4 is 11.7 Å². The first-order chi connectivity index (χ1) is 10.2. The molecule has 0 aliphatic carbocycles. The van der Waals surface area contributed by atoms with Gasteiger partial charge in [-0.15, -0.1) is 0 Å². The highest BCUT2D eigenvalue weighted by molar-refractivity contribution is 5.89. The Kier molecular flexibility index (Phi) is 3.81. The number of carbonyl (C=O) groups excluding carboxylic acids is 1. The fourth-order valence-corrected chi connectivity index (χ4v) is 2.47. The van der Waals surface area contributed by atoms with Crippen molar-refractivity contribution in [2.45, 2.75) is 19.4 Å². The summed E-state index contributed by atoms with van der Waals surface area (Å²) in [7, 11) is 0. The molecule has 2 aromatic rings. The zero-order chi connectivity index (χ0) is 14.7. The van der Waals surface area contributed by atoms with Gasteiger partial charge in [0.25, 0.3) is 0 Å². The number of urea groups is 1. The van der Waals surface area contributed by atoms with Gasteiger partial charge in [-0.05, 0) is 18.4 Å². The molecule has 2 aromatic heterocycles. The first-order valence-corrected chi connectivity index (χ1v) is 6.87.